The highest BCUT2D eigenvalue weighted by Crippen LogP contribution is 2.12. The van der Waals surface area contributed by atoms with E-state index >= 15 is 0 Å². The number of hydrogen-bond acceptors (Lipinski definition) is 4. The van der Waals surface area contributed by atoms with Crippen molar-refractivity contribution in [1.29, 1.82) is 5.26 Å². The smallest absolute Gasteiger partial charge is 0.0976 e. The zero-order valence-corrected chi connectivity index (χ0v) is 9.45. The van der Waals surface area contributed by atoms with Crippen molar-refractivity contribution in [2.45, 2.75) is 25.4 Å². The molecule has 0 aliphatic carbocycles. The van der Waals surface area contributed by atoms with E-state index in [-0.39, 0.29) is 6.04 Å². The average Bonchev–Trinajstić information content (AvgIpc) is 2.20. The van der Waals surface area contributed by atoms with Gasteiger partial charge in [-0.05, 0) is 6.42 Å². The van der Waals surface area contributed by atoms with Crippen LogP contribution in [0.3, 0.4) is 0 Å². The lowest BCUT2D eigenvalue weighted by molar-refractivity contribution is 0.0616. The largest absolute Gasteiger partial charge is 0.314 e. The fourth-order valence-corrected chi connectivity index (χ4v) is 2.38. The highest BCUT2D eigenvalue weighted by molar-refractivity contribution is 4.94. The third kappa shape index (κ3) is 2.31. The molecule has 2 saturated heterocycles. The van der Waals surface area contributed by atoms with E-state index < -0.39 is 0 Å². The molecular weight excluding hydrogens is 188 g/mol. The van der Waals surface area contributed by atoms with Crippen LogP contribution < -0.4 is 5.32 Å². The van der Waals surface area contributed by atoms with Gasteiger partial charge in [0, 0.05) is 45.3 Å². The lowest BCUT2D eigenvalue weighted by Gasteiger charge is -2.44. The number of nitriles is 1. The zero-order valence-electron chi connectivity index (χ0n) is 9.45. The van der Waals surface area contributed by atoms with Crippen molar-refractivity contribution in [2.75, 3.05) is 39.3 Å². The molecule has 15 heavy (non-hydrogen) atoms. The fraction of sp³-hybridized carbons (Fsp3) is 0.909. The number of nitrogens with one attached hydrogen (secondary N) is 1. The van der Waals surface area contributed by atoms with Crippen molar-refractivity contribution in [1.82, 2.24) is 15.1 Å². The first kappa shape index (κ1) is 10.9. The van der Waals surface area contributed by atoms with Crippen molar-refractivity contribution in [3.8, 4) is 6.07 Å². The summed E-state index contributed by atoms with van der Waals surface area (Å²) in [5, 5.41) is 12.3. The molecule has 4 heteroatoms. The Bertz CT molecular complexity index is 235. The Balaban J connectivity index is 1.78. The molecule has 0 saturated carbocycles. The molecule has 0 amide bonds. The number of hydrogen-bond donors (Lipinski definition) is 1. The Hall–Kier alpha value is -0.630. The highest BCUT2D eigenvalue weighted by Gasteiger charge is 2.29. The molecule has 0 radical (unpaired) electrons. The van der Waals surface area contributed by atoms with Gasteiger partial charge in [-0.1, -0.05) is 6.92 Å². The molecular formula is C11H20N4. The molecule has 4 nitrogen and oxygen atoms in total. The highest BCUT2D eigenvalue weighted by atomic mass is 15.3. The van der Waals surface area contributed by atoms with Crippen molar-refractivity contribution < 1.29 is 0 Å². The van der Waals surface area contributed by atoms with Crippen molar-refractivity contribution in [3.05, 3.63) is 0 Å². The first-order chi connectivity index (χ1) is 7.35. The van der Waals surface area contributed by atoms with Crippen LogP contribution in [0.1, 0.15) is 13.3 Å². The summed E-state index contributed by atoms with van der Waals surface area (Å²) >= 11 is 0. The fourth-order valence-electron chi connectivity index (χ4n) is 2.38. The predicted octanol–water partition coefficient (Wildman–Crippen LogP) is -0.122. The molecule has 2 aliphatic heterocycles. The lowest BCUT2D eigenvalue weighted by atomic mass is 10.1. The Morgan fingerprint density at radius 1 is 1.33 bits per heavy atom. The van der Waals surface area contributed by atoms with Crippen LogP contribution in [0.25, 0.3) is 0 Å². The van der Waals surface area contributed by atoms with Gasteiger partial charge in [-0.3, -0.25) is 9.80 Å². The summed E-state index contributed by atoms with van der Waals surface area (Å²) in [6.45, 7) is 8.77. The van der Waals surface area contributed by atoms with E-state index in [0.29, 0.717) is 0 Å². The first-order valence-electron chi connectivity index (χ1n) is 5.93. The second-order valence-corrected chi connectivity index (χ2v) is 4.44. The van der Waals surface area contributed by atoms with Gasteiger partial charge in [-0.25, -0.2) is 0 Å². The third-order valence-corrected chi connectivity index (χ3v) is 3.60. The number of rotatable bonds is 3. The molecule has 0 aromatic carbocycles. The Morgan fingerprint density at radius 2 is 2.00 bits per heavy atom. The van der Waals surface area contributed by atoms with E-state index in [9.17, 15) is 0 Å². The van der Waals surface area contributed by atoms with Crippen molar-refractivity contribution >= 4 is 0 Å². The monoisotopic (exact) mass is 208 g/mol. The van der Waals surface area contributed by atoms with E-state index in [4.69, 9.17) is 5.26 Å². The Morgan fingerprint density at radius 3 is 2.40 bits per heavy atom. The third-order valence-electron chi connectivity index (χ3n) is 3.60. The van der Waals surface area contributed by atoms with Crippen molar-refractivity contribution in [3.63, 3.8) is 0 Å². The van der Waals surface area contributed by atoms with E-state index in [1.807, 2.05) is 0 Å². The lowest BCUT2D eigenvalue weighted by Crippen LogP contribution is -2.62. The molecule has 2 rings (SSSR count). The second-order valence-electron chi connectivity index (χ2n) is 4.44. The zero-order chi connectivity index (χ0) is 10.7. The summed E-state index contributed by atoms with van der Waals surface area (Å²) in [4.78, 5) is 4.87. The van der Waals surface area contributed by atoms with E-state index in [1.54, 1.807) is 0 Å². The second kappa shape index (κ2) is 4.93. The number of piperazine rings is 1. The molecule has 0 bridgehead atoms. The molecule has 0 aromatic rings. The minimum absolute atomic E-state index is 0.131. The quantitative estimate of drug-likeness (QED) is 0.702. The van der Waals surface area contributed by atoms with E-state index in [2.05, 4.69) is 28.1 Å². The molecule has 2 aliphatic rings. The minimum atomic E-state index is 0.131. The van der Waals surface area contributed by atoms with Crippen molar-refractivity contribution in [2.24, 2.45) is 0 Å². The normalized spacial score (nSPS) is 26.9. The summed E-state index contributed by atoms with van der Waals surface area (Å²) in [6.07, 6.45) is 0.946. The summed E-state index contributed by atoms with van der Waals surface area (Å²) in [7, 11) is 0. The molecule has 2 heterocycles. The van der Waals surface area contributed by atoms with Gasteiger partial charge in [0.25, 0.3) is 0 Å². The Kier molecular flexibility index (Phi) is 3.57. The minimum Gasteiger partial charge on any atom is -0.314 e. The Labute approximate surface area is 91.8 Å². The van der Waals surface area contributed by atoms with Gasteiger partial charge < -0.3 is 5.32 Å². The molecule has 0 aromatic heterocycles. The molecule has 1 atom stereocenters. The van der Waals surface area contributed by atoms with E-state index in [1.165, 1.54) is 0 Å². The summed E-state index contributed by atoms with van der Waals surface area (Å²) in [5.41, 5.74) is 0. The van der Waals surface area contributed by atoms with Gasteiger partial charge in [0.1, 0.15) is 0 Å². The molecule has 1 N–H and O–H groups in total. The predicted molar refractivity (Wildman–Crippen MR) is 59.5 cm³/mol. The van der Waals surface area contributed by atoms with Crippen LogP contribution in [-0.4, -0.2) is 61.2 Å². The van der Waals surface area contributed by atoms with Crippen LogP contribution >= 0.6 is 0 Å². The molecule has 84 valence electrons. The standard InChI is InChI=1S/C11H20N4/c1-2-10(7-12)14-3-5-15(6-4-14)11-8-13-9-11/h10-11,13H,2-6,8-9H2,1H3. The SMILES string of the molecule is CCC(C#N)N1CCN(C2CNC2)CC1. The van der Waals surface area contributed by atoms with Crippen LogP contribution in [0.2, 0.25) is 0 Å². The van der Waals surface area contributed by atoms with Crippen LogP contribution in [0.4, 0.5) is 0 Å². The summed E-state index contributed by atoms with van der Waals surface area (Å²) in [6, 6.07) is 3.28. The molecule has 1 unspecified atom stereocenters. The summed E-state index contributed by atoms with van der Waals surface area (Å²) < 4.78 is 0. The summed E-state index contributed by atoms with van der Waals surface area (Å²) in [5.74, 6) is 0. The topological polar surface area (TPSA) is 42.3 Å². The van der Waals surface area contributed by atoms with E-state index in [0.717, 1.165) is 51.7 Å². The van der Waals surface area contributed by atoms with Gasteiger partial charge in [-0.2, -0.15) is 5.26 Å². The maximum Gasteiger partial charge on any atom is 0.0976 e. The van der Waals surface area contributed by atoms with Gasteiger partial charge in [-0.15, -0.1) is 0 Å². The van der Waals surface area contributed by atoms with Gasteiger partial charge >= 0.3 is 0 Å². The van der Waals surface area contributed by atoms with Gasteiger partial charge in [0.05, 0.1) is 12.1 Å². The number of nitrogens with zero attached hydrogens (tertiary/aromatic N) is 3. The maximum absolute atomic E-state index is 9.00. The van der Waals surface area contributed by atoms with Gasteiger partial charge in [0.15, 0.2) is 0 Å². The van der Waals surface area contributed by atoms with Crippen LogP contribution in [0.5, 0.6) is 0 Å². The maximum atomic E-state index is 9.00. The van der Waals surface area contributed by atoms with Crippen LogP contribution in [0, 0.1) is 11.3 Å². The molecule has 2 fully saturated rings. The van der Waals surface area contributed by atoms with Gasteiger partial charge in [0.2, 0.25) is 0 Å². The molecule has 0 spiro atoms. The first-order valence-corrected chi connectivity index (χ1v) is 5.93. The van der Waals surface area contributed by atoms with Crippen LogP contribution in [0.15, 0.2) is 0 Å². The average molecular weight is 208 g/mol. The van der Waals surface area contributed by atoms with Crippen LogP contribution in [-0.2, 0) is 0 Å².